The summed E-state index contributed by atoms with van der Waals surface area (Å²) in [6.07, 6.45) is -3.18. The topological polar surface area (TPSA) is 64.6 Å². The molecule has 1 aromatic heterocycles. The summed E-state index contributed by atoms with van der Waals surface area (Å²) in [6, 6.07) is 8.56. The number of amides is 1. The monoisotopic (exact) mass is 387 g/mol. The van der Waals surface area contributed by atoms with Gasteiger partial charge in [-0.05, 0) is 48.6 Å². The maximum absolute atomic E-state index is 12.1. The summed E-state index contributed by atoms with van der Waals surface area (Å²) in [7, 11) is 0. The molecule has 0 saturated carbocycles. The van der Waals surface area contributed by atoms with Gasteiger partial charge in [0.1, 0.15) is 5.75 Å². The molecule has 140 valence electrons. The summed E-state index contributed by atoms with van der Waals surface area (Å²) in [4.78, 5) is 24.5. The lowest BCUT2D eigenvalue weighted by atomic mass is 10.2. The third-order valence-corrected chi connectivity index (χ3v) is 4.06. The molecule has 26 heavy (non-hydrogen) atoms. The first kappa shape index (κ1) is 19.8. The van der Waals surface area contributed by atoms with Gasteiger partial charge in [-0.2, -0.15) is 0 Å². The number of halogens is 3. The number of rotatable bonds is 8. The zero-order chi connectivity index (χ0) is 19.0. The quantitative estimate of drug-likeness (QED) is 0.691. The van der Waals surface area contributed by atoms with Crippen LogP contribution in [0.3, 0.4) is 0 Å². The molecule has 1 aromatic carbocycles. The number of thiophene rings is 1. The van der Waals surface area contributed by atoms with Crippen LogP contribution in [-0.4, -0.2) is 24.8 Å². The van der Waals surface area contributed by atoms with Crippen LogP contribution in [0.15, 0.2) is 41.8 Å². The van der Waals surface area contributed by atoms with Gasteiger partial charge in [0.25, 0.3) is 5.91 Å². The normalized spacial score (nSPS) is 11.0. The van der Waals surface area contributed by atoms with Crippen molar-refractivity contribution in [2.45, 2.75) is 25.6 Å². The molecule has 0 saturated heterocycles. The molecule has 0 aliphatic rings. The zero-order valence-electron chi connectivity index (χ0n) is 13.5. The highest BCUT2D eigenvalue weighted by Gasteiger charge is 2.30. The molecule has 0 bridgehead atoms. The smallest absolute Gasteiger partial charge is 0.456 e. The first-order valence-corrected chi connectivity index (χ1v) is 8.53. The molecular formula is C17H16F3NO4S. The highest BCUT2D eigenvalue weighted by atomic mass is 32.1. The molecule has 0 radical (unpaired) electrons. The van der Waals surface area contributed by atoms with E-state index in [4.69, 9.17) is 4.74 Å². The van der Waals surface area contributed by atoms with E-state index in [-0.39, 0.29) is 12.1 Å². The van der Waals surface area contributed by atoms with E-state index in [1.165, 1.54) is 17.0 Å². The second-order valence-electron chi connectivity index (χ2n) is 5.21. The summed E-state index contributed by atoms with van der Waals surface area (Å²) < 4.78 is 44.8. The number of anilines is 1. The van der Waals surface area contributed by atoms with Crippen molar-refractivity contribution in [3.05, 3.63) is 46.7 Å². The Labute approximate surface area is 151 Å². The molecule has 1 N–H and O–H groups in total. The van der Waals surface area contributed by atoms with Crippen molar-refractivity contribution in [2.75, 3.05) is 11.9 Å². The first-order chi connectivity index (χ1) is 12.3. The second kappa shape index (κ2) is 9.23. The van der Waals surface area contributed by atoms with Crippen molar-refractivity contribution in [3.8, 4) is 5.75 Å². The summed E-state index contributed by atoms with van der Waals surface area (Å²) in [5, 5.41) is 4.37. The van der Waals surface area contributed by atoms with Crippen molar-refractivity contribution in [2.24, 2.45) is 0 Å². The number of aryl methyl sites for hydroxylation is 1. The van der Waals surface area contributed by atoms with Crippen molar-refractivity contribution in [1.29, 1.82) is 0 Å². The molecule has 0 fully saturated rings. The highest BCUT2D eigenvalue weighted by Crippen LogP contribution is 2.23. The summed E-state index contributed by atoms with van der Waals surface area (Å²) in [5.74, 6) is -1.46. The minimum absolute atomic E-state index is 0.203. The van der Waals surface area contributed by atoms with E-state index in [9.17, 15) is 22.8 Å². The number of esters is 1. The van der Waals surface area contributed by atoms with Gasteiger partial charge >= 0.3 is 12.3 Å². The lowest BCUT2D eigenvalue weighted by Crippen LogP contribution is -2.21. The van der Waals surface area contributed by atoms with Crippen LogP contribution in [0.4, 0.5) is 18.9 Å². The van der Waals surface area contributed by atoms with Crippen LogP contribution in [0.1, 0.15) is 17.7 Å². The fourth-order valence-electron chi connectivity index (χ4n) is 2.02. The predicted octanol–water partition coefficient (Wildman–Crippen LogP) is 4.15. The molecule has 0 aliphatic carbocycles. The number of alkyl halides is 3. The number of ether oxygens (including phenoxy) is 2. The molecule has 9 heteroatoms. The van der Waals surface area contributed by atoms with E-state index in [1.807, 2.05) is 17.5 Å². The van der Waals surface area contributed by atoms with Gasteiger partial charge < -0.3 is 14.8 Å². The van der Waals surface area contributed by atoms with Gasteiger partial charge in [-0.15, -0.1) is 24.5 Å². The Hall–Kier alpha value is -2.55. The van der Waals surface area contributed by atoms with Gasteiger partial charge in [0.2, 0.25) is 0 Å². The molecule has 0 atom stereocenters. The average molecular weight is 387 g/mol. The van der Waals surface area contributed by atoms with E-state index >= 15 is 0 Å². The molecule has 1 amide bonds. The number of hydrogen-bond donors (Lipinski definition) is 1. The number of hydrogen-bond acceptors (Lipinski definition) is 5. The summed E-state index contributed by atoms with van der Waals surface area (Å²) >= 11 is 1.61. The van der Waals surface area contributed by atoms with Crippen LogP contribution in [0.25, 0.3) is 0 Å². The molecule has 5 nitrogen and oxygen atoms in total. The summed E-state index contributed by atoms with van der Waals surface area (Å²) in [6.45, 7) is -0.460. The van der Waals surface area contributed by atoms with E-state index in [0.717, 1.165) is 18.6 Å². The maximum atomic E-state index is 12.1. The van der Waals surface area contributed by atoms with Crippen LogP contribution in [-0.2, 0) is 20.7 Å². The highest BCUT2D eigenvalue weighted by molar-refractivity contribution is 7.09. The summed E-state index contributed by atoms with van der Waals surface area (Å²) in [5.41, 5.74) is 0.262. The van der Waals surface area contributed by atoms with E-state index in [2.05, 4.69) is 10.1 Å². The van der Waals surface area contributed by atoms with Crippen LogP contribution >= 0.6 is 11.3 Å². The fraction of sp³-hybridized carbons (Fsp3) is 0.294. The number of nitrogens with one attached hydrogen (secondary N) is 1. The second-order valence-corrected chi connectivity index (χ2v) is 6.25. The number of carbonyl (C=O) groups is 2. The van der Waals surface area contributed by atoms with Gasteiger partial charge in [-0.3, -0.25) is 9.59 Å². The Bertz CT molecular complexity index is 715. The minimum Gasteiger partial charge on any atom is -0.456 e. The van der Waals surface area contributed by atoms with Gasteiger partial charge in [0.05, 0.1) is 0 Å². The lowest BCUT2D eigenvalue weighted by molar-refractivity contribution is -0.274. The molecular weight excluding hydrogens is 371 g/mol. The van der Waals surface area contributed by atoms with Gasteiger partial charge in [-0.1, -0.05) is 6.07 Å². The van der Waals surface area contributed by atoms with E-state index in [0.29, 0.717) is 6.42 Å². The largest absolute Gasteiger partial charge is 0.573 e. The SMILES string of the molecule is O=C(COC(=O)CCCc1cccs1)Nc1ccc(OC(F)(F)F)cc1. The van der Waals surface area contributed by atoms with E-state index in [1.54, 1.807) is 11.3 Å². The molecule has 0 unspecified atom stereocenters. The number of benzene rings is 1. The van der Waals surface area contributed by atoms with E-state index < -0.39 is 30.6 Å². The Morgan fingerprint density at radius 3 is 2.46 bits per heavy atom. The average Bonchev–Trinajstić information content (AvgIpc) is 3.07. The van der Waals surface area contributed by atoms with Gasteiger partial charge in [0, 0.05) is 17.0 Å². The molecule has 0 aliphatic heterocycles. The molecule has 1 heterocycles. The number of carbonyl (C=O) groups excluding carboxylic acids is 2. The lowest BCUT2D eigenvalue weighted by Gasteiger charge is -2.10. The standard InChI is InChI=1S/C17H16F3NO4S/c18-17(19,20)25-13-8-6-12(7-9-13)21-15(22)11-24-16(23)5-1-3-14-4-2-10-26-14/h2,4,6-10H,1,3,5,11H2,(H,21,22). The third-order valence-electron chi connectivity index (χ3n) is 3.12. The van der Waals surface area contributed by atoms with Crippen LogP contribution < -0.4 is 10.1 Å². The van der Waals surface area contributed by atoms with Crippen LogP contribution in [0.5, 0.6) is 5.75 Å². The predicted molar refractivity (Wildman–Crippen MR) is 90.0 cm³/mol. The first-order valence-electron chi connectivity index (χ1n) is 7.65. The fourth-order valence-corrected chi connectivity index (χ4v) is 2.77. The molecule has 2 rings (SSSR count). The van der Waals surface area contributed by atoms with Crippen LogP contribution in [0.2, 0.25) is 0 Å². The maximum Gasteiger partial charge on any atom is 0.573 e. The van der Waals surface area contributed by atoms with Crippen molar-refractivity contribution in [1.82, 2.24) is 0 Å². The minimum atomic E-state index is -4.78. The Kier molecular flexibility index (Phi) is 7.02. The van der Waals surface area contributed by atoms with Crippen molar-refractivity contribution >= 4 is 28.9 Å². The van der Waals surface area contributed by atoms with Crippen molar-refractivity contribution in [3.63, 3.8) is 0 Å². The van der Waals surface area contributed by atoms with Gasteiger partial charge in [-0.25, -0.2) is 0 Å². The Morgan fingerprint density at radius 2 is 1.85 bits per heavy atom. The molecule has 2 aromatic rings. The third kappa shape index (κ3) is 7.56. The Morgan fingerprint density at radius 1 is 1.12 bits per heavy atom. The van der Waals surface area contributed by atoms with Crippen LogP contribution in [0, 0.1) is 0 Å². The van der Waals surface area contributed by atoms with Crippen molar-refractivity contribution < 1.29 is 32.2 Å². The zero-order valence-corrected chi connectivity index (χ0v) is 14.4. The van der Waals surface area contributed by atoms with Gasteiger partial charge in [0.15, 0.2) is 6.61 Å². The Balaban J connectivity index is 1.67. The molecule has 0 spiro atoms.